The molecule has 0 bridgehead atoms. The van der Waals surface area contributed by atoms with Crippen LogP contribution >= 0.6 is 66.3 Å². The fourth-order valence-corrected chi connectivity index (χ4v) is 7.91. The zero-order valence-electron chi connectivity index (χ0n) is 12.3. The SMILES string of the molecule is CC1=C(C)SC(c2sc(Br)c(Br)c2-c2sc(C)cc2C)C1. The van der Waals surface area contributed by atoms with Crippen molar-refractivity contribution < 1.29 is 0 Å². The van der Waals surface area contributed by atoms with Crippen LogP contribution in [-0.4, -0.2) is 0 Å². The van der Waals surface area contributed by atoms with Gasteiger partial charge in [-0.25, -0.2) is 0 Å². The number of allylic oxidation sites excluding steroid dienone is 2. The zero-order valence-corrected chi connectivity index (χ0v) is 18.0. The van der Waals surface area contributed by atoms with Crippen LogP contribution in [0.15, 0.2) is 24.8 Å². The highest BCUT2D eigenvalue weighted by molar-refractivity contribution is 9.13. The van der Waals surface area contributed by atoms with Gasteiger partial charge in [0.25, 0.3) is 0 Å². The summed E-state index contributed by atoms with van der Waals surface area (Å²) in [5.41, 5.74) is 4.33. The predicted molar refractivity (Wildman–Crippen MR) is 106 cm³/mol. The lowest BCUT2D eigenvalue weighted by Crippen LogP contribution is -1.89. The van der Waals surface area contributed by atoms with E-state index in [1.54, 1.807) is 0 Å². The number of thiophene rings is 2. The Kier molecular flexibility index (Phi) is 4.78. The highest BCUT2D eigenvalue weighted by Gasteiger charge is 2.29. The van der Waals surface area contributed by atoms with Crippen molar-refractivity contribution in [1.29, 1.82) is 0 Å². The van der Waals surface area contributed by atoms with Crippen LogP contribution < -0.4 is 0 Å². The molecule has 5 heteroatoms. The van der Waals surface area contributed by atoms with E-state index >= 15 is 0 Å². The second-order valence-corrected chi connectivity index (χ2v) is 11.3. The molecule has 1 aliphatic heterocycles. The lowest BCUT2D eigenvalue weighted by atomic mass is 10.1. The molecule has 21 heavy (non-hydrogen) atoms. The Morgan fingerprint density at radius 1 is 1.10 bits per heavy atom. The van der Waals surface area contributed by atoms with E-state index in [1.165, 1.54) is 50.9 Å². The number of rotatable bonds is 2. The van der Waals surface area contributed by atoms with E-state index in [-0.39, 0.29) is 0 Å². The van der Waals surface area contributed by atoms with Crippen molar-refractivity contribution in [1.82, 2.24) is 0 Å². The van der Waals surface area contributed by atoms with E-state index in [4.69, 9.17) is 0 Å². The zero-order chi connectivity index (χ0) is 15.3. The first-order valence-electron chi connectivity index (χ1n) is 6.76. The van der Waals surface area contributed by atoms with E-state index in [1.807, 2.05) is 34.4 Å². The molecule has 0 fully saturated rings. The summed E-state index contributed by atoms with van der Waals surface area (Å²) >= 11 is 13.3. The minimum absolute atomic E-state index is 0.564. The maximum atomic E-state index is 3.81. The van der Waals surface area contributed by atoms with Gasteiger partial charge < -0.3 is 0 Å². The fraction of sp³-hybridized carbons (Fsp3) is 0.375. The maximum Gasteiger partial charge on any atom is 0.0850 e. The largest absolute Gasteiger partial charge is 0.140 e. The van der Waals surface area contributed by atoms with Gasteiger partial charge in [-0.15, -0.1) is 34.4 Å². The summed E-state index contributed by atoms with van der Waals surface area (Å²) in [5.74, 6) is 0. The second kappa shape index (κ2) is 6.16. The number of aryl methyl sites for hydroxylation is 2. The van der Waals surface area contributed by atoms with Gasteiger partial charge in [-0.2, -0.15) is 0 Å². The Hall–Kier alpha value is 0.450. The Labute approximate surface area is 155 Å². The second-order valence-electron chi connectivity index (χ2n) is 5.45. The minimum Gasteiger partial charge on any atom is -0.140 e. The van der Waals surface area contributed by atoms with Gasteiger partial charge in [0.05, 0.1) is 8.26 Å². The highest BCUT2D eigenvalue weighted by Crippen LogP contribution is 2.56. The molecule has 1 unspecified atom stereocenters. The topological polar surface area (TPSA) is 0 Å². The predicted octanol–water partition coefficient (Wildman–Crippen LogP) is 8.09. The average molecular weight is 464 g/mol. The third-order valence-electron chi connectivity index (χ3n) is 3.81. The lowest BCUT2D eigenvalue weighted by molar-refractivity contribution is 0.956. The summed E-state index contributed by atoms with van der Waals surface area (Å²) in [4.78, 5) is 5.79. The Bertz CT molecular complexity index is 723. The van der Waals surface area contributed by atoms with Crippen molar-refractivity contribution >= 4 is 66.3 Å². The van der Waals surface area contributed by atoms with Crippen LogP contribution in [0.5, 0.6) is 0 Å². The van der Waals surface area contributed by atoms with E-state index in [0.717, 1.165) is 0 Å². The molecule has 112 valence electrons. The maximum absolute atomic E-state index is 3.81. The van der Waals surface area contributed by atoms with Crippen LogP contribution in [0, 0.1) is 13.8 Å². The van der Waals surface area contributed by atoms with E-state index in [0.29, 0.717) is 5.25 Å². The first-order chi connectivity index (χ1) is 9.88. The minimum atomic E-state index is 0.564. The summed E-state index contributed by atoms with van der Waals surface area (Å²) < 4.78 is 2.43. The molecule has 0 radical (unpaired) electrons. The molecule has 1 atom stereocenters. The quantitative estimate of drug-likeness (QED) is 0.433. The normalized spacial score (nSPS) is 18.9. The van der Waals surface area contributed by atoms with E-state index < -0.39 is 0 Å². The number of hydrogen-bond acceptors (Lipinski definition) is 3. The molecule has 0 nitrogen and oxygen atoms in total. The molecule has 2 aromatic heterocycles. The van der Waals surface area contributed by atoms with Gasteiger partial charge in [0, 0.05) is 25.4 Å². The van der Waals surface area contributed by atoms with Gasteiger partial charge in [0.2, 0.25) is 0 Å². The molecule has 2 aromatic rings. The summed E-state index contributed by atoms with van der Waals surface area (Å²) in [6, 6.07) is 2.29. The van der Waals surface area contributed by atoms with Gasteiger partial charge in [-0.05, 0) is 82.5 Å². The standard InChI is InChI=1S/C16H16Br2S3/c1-7-6-11(20-10(7)4)15-12(13(17)16(18)21-15)14-8(2)5-9(3)19-14/h5,11H,6H2,1-4H3. The molecule has 1 aliphatic rings. The van der Waals surface area contributed by atoms with Crippen molar-refractivity contribution in [2.24, 2.45) is 0 Å². The van der Waals surface area contributed by atoms with Crippen molar-refractivity contribution in [3.05, 3.63) is 40.1 Å². The molecule has 0 aromatic carbocycles. The van der Waals surface area contributed by atoms with Crippen LogP contribution in [0.2, 0.25) is 0 Å². The van der Waals surface area contributed by atoms with Gasteiger partial charge in [0.1, 0.15) is 0 Å². The van der Waals surface area contributed by atoms with Crippen LogP contribution in [-0.2, 0) is 0 Å². The summed E-state index contributed by atoms with van der Waals surface area (Å²) in [5, 5.41) is 0.564. The molecular formula is C16H16Br2S3. The smallest absolute Gasteiger partial charge is 0.0850 e. The van der Waals surface area contributed by atoms with Crippen LogP contribution in [0.3, 0.4) is 0 Å². The van der Waals surface area contributed by atoms with Crippen molar-refractivity contribution in [2.75, 3.05) is 0 Å². The van der Waals surface area contributed by atoms with Crippen molar-refractivity contribution in [2.45, 2.75) is 39.4 Å². The Morgan fingerprint density at radius 3 is 2.33 bits per heavy atom. The van der Waals surface area contributed by atoms with E-state index in [9.17, 15) is 0 Å². The lowest BCUT2D eigenvalue weighted by Gasteiger charge is -2.11. The summed E-state index contributed by atoms with van der Waals surface area (Å²) in [6.07, 6.45) is 1.17. The number of hydrogen-bond donors (Lipinski definition) is 0. The van der Waals surface area contributed by atoms with E-state index in [2.05, 4.69) is 65.6 Å². The number of halogens is 2. The van der Waals surface area contributed by atoms with Gasteiger partial charge in [-0.1, -0.05) is 5.57 Å². The van der Waals surface area contributed by atoms with Crippen LogP contribution in [0.1, 0.15) is 40.8 Å². The fourth-order valence-electron chi connectivity index (χ4n) is 2.65. The van der Waals surface area contributed by atoms with Gasteiger partial charge in [0.15, 0.2) is 0 Å². The molecule has 3 heterocycles. The average Bonchev–Trinajstić information content (AvgIpc) is 3.00. The van der Waals surface area contributed by atoms with Crippen LogP contribution in [0.4, 0.5) is 0 Å². The van der Waals surface area contributed by atoms with Gasteiger partial charge in [-0.3, -0.25) is 0 Å². The molecule has 0 saturated heterocycles. The molecule has 3 rings (SSSR count). The van der Waals surface area contributed by atoms with Crippen LogP contribution in [0.25, 0.3) is 10.4 Å². The number of thioether (sulfide) groups is 1. The summed E-state index contributed by atoms with van der Waals surface area (Å²) in [7, 11) is 0. The van der Waals surface area contributed by atoms with Crippen molar-refractivity contribution in [3.8, 4) is 10.4 Å². The third-order valence-corrected chi connectivity index (χ3v) is 10.1. The first-order valence-corrected chi connectivity index (χ1v) is 10.9. The molecule has 0 saturated carbocycles. The summed E-state index contributed by atoms with van der Waals surface area (Å²) in [6.45, 7) is 8.92. The molecule has 0 N–H and O–H groups in total. The monoisotopic (exact) mass is 462 g/mol. The Morgan fingerprint density at radius 2 is 1.81 bits per heavy atom. The molecular weight excluding hydrogens is 448 g/mol. The molecule has 0 aliphatic carbocycles. The van der Waals surface area contributed by atoms with Crippen molar-refractivity contribution in [3.63, 3.8) is 0 Å². The first kappa shape index (κ1) is 16.3. The molecule has 0 amide bonds. The third kappa shape index (κ3) is 2.97. The van der Waals surface area contributed by atoms with Gasteiger partial charge >= 0.3 is 0 Å². The highest BCUT2D eigenvalue weighted by atomic mass is 79.9. The Balaban J connectivity index is 2.11. The molecule has 0 spiro atoms.